The van der Waals surface area contributed by atoms with Crippen LogP contribution in [0.4, 0.5) is 24.8 Å². The maximum Gasteiger partial charge on any atom is 0.416 e. The van der Waals surface area contributed by atoms with E-state index in [1.54, 1.807) is 36.4 Å². The van der Waals surface area contributed by atoms with E-state index in [0.717, 1.165) is 24.8 Å². The first-order chi connectivity index (χ1) is 20.0. The van der Waals surface area contributed by atoms with Gasteiger partial charge in [-0.3, -0.25) is 18.8 Å². The zero-order valence-corrected chi connectivity index (χ0v) is 22.9. The number of benzene rings is 1. The third-order valence-electron chi connectivity index (χ3n) is 7.43. The van der Waals surface area contributed by atoms with Crippen LogP contribution in [0.15, 0.2) is 55.0 Å². The zero-order valence-electron chi connectivity index (χ0n) is 22.9. The summed E-state index contributed by atoms with van der Waals surface area (Å²) in [5, 5.41) is 2.39. The minimum Gasteiger partial charge on any atom is -0.382 e. The van der Waals surface area contributed by atoms with Gasteiger partial charge in [-0.2, -0.15) is 13.2 Å². The number of aromatic nitrogens is 4. The fourth-order valence-corrected chi connectivity index (χ4v) is 5.13. The molecule has 3 N–H and O–H groups in total. The lowest BCUT2D eigenvalue weighted by atomic mass is 9.92. The van der Waals surface area contributed by atoms with Crippen LogP contribution < -0.4 is 11.1 Å². The molecule has 13 heteroatoms. The Bertz CT molecular complexity index is 1670. The number of alkyl halides is 3. The van der Waals surface area contributed by atoms with Crippen LogP contribution in [0.3, 0.4) is 0 Å². The predicted octanol–water partition coefficient (Wildman–Crippen LogP) is 4.72. The quantitative estimate of drug-likeness (QED) is 0.316. The van der Waals surface area contributed by atoms with Gasteiger partial charge in [-0.25, -0.2) is 15.0 Å². The molecule has 4 aromatic rings. The van der Waals surface area contributed by atoms with Gasteiger partial charge in [0.15, 0.2) is 0 Å². The first-order valence-electron chi connectivity index (χ1n) is 13.4. The third-order valence-corrected chi connectivity index (χ3v) is 7.43. The number of nitrogen functional groups attached to an aromatic ring is 1. The van der Waals surface area contributed by atoms with Gasteiger partial charge >= 0.3 is 6.18 Å². The van der Waals surface area contributed by atoms with Crippen molar-refractivity contribution in [3.05, 3.63) is 71.9 Å². The summed E-state index contributed by atoms with van der Waals surface area (Å²) in [5.41, 5.74) is 7.24. The lowest BCUT2D eigenvalue weighted by molar-refractivity contribution is -0.147. The Kier molecular flexibility index (Phi) is 7.67. The highest BCUT2D eigenvalue weighted by atomic mass is 19.4. The smallest absolute Gasteiger partial charge is 0.382 e. The van der Waals surface area contributed by atoms with E-state index in [1.165, 1.54) is 12.1 Å². The van der Waals surface area contributed by atoms with E-state index in [0.29, 0.717) is 35.6 Å². The number of nitrogens with one attached hydrogen (secondary N) is 1. The lowest BCUT2D eigenvalue weighted by Crippen LogP contribution is -2.47. The van der Waals surface area contributed by atoms with E-state index >= 15 is 0 Å². The van der Waals surface area contributed by atoms with Crippen molar-refractivity contribution in [2.45, 2.75) is 51.2 Å². The van der Waals surface area contributed by atoms with Crippen molar-refractivity contribution in [1.82, 2.24) is 24.3 Å². The molecule has 42 heavy (non-hydrogen) atoms. The number of anilines is 2. The molecule has 2 atom stereocenters. The summed E-state index contributed by atoms with van der Waals surface area (Å²) >= 11 is 0. The second-order valence-corrected chi connectivity index (χ2v) is 10.2. The Morgan fingerprint density at radius 2 is 1.81 bits per heavy atom. The topological polar surface area (TPSA) is 136 Å². The molecule has 0 aliphatic carbocycles. The minimum atomic E-state index is -4.57. The van der Waals surface area contributed by atoms with Gasteiger partial charge in [0.1, 0.15) is 28.7 Å². The van der Waals surface area contributed by atoms with Gasteiger partial charge in [0.2, 0.25) is 5.78 Å². The summed E-state index contributed by atoms with van der Waals surface area (Å²) in [4.78, 5) is 52.2. The Morgan fingerprint density at radius 1 is 1.07 bits per heavy atom. The number of hydrogen-bond donors (Lipinski definition) is 2. The molecule has 3 aromatic heterocycles. The fourth-order valence-electron chi connectivity index (χ4n) is 5.13. The molecule has 1 aliphatic heterocycles. The summed E-state index contributed by atoms with van der Waals surface area (Å²) in [5.74, 6) is -1.04. The van der Waals surface area contributed by atoms with Crippen molar-refractivity contribution in [3.8, 4) is 11.3 Å². The number of carbonyl (C=O) groups is 3. The Morgan fingerprint density at radius 3 is 2.50 bits per heavy atom. The van der Waals surface area contributed by atoms with Gasteiger partial charge in [0, 0.05) is 54.6 Å². The normalized spacial score (nSPS) is 17.3. The van der Waals surface area contributed by atoms with Crippen molar-refractivity contribution in [3.63, 3.8) is 0 Å². The number of nitrogens with two attached hydrogens (primary N) is 1. The van der Waals surface area contributed by atoms with Crippen molar-refractivity contribution in [2.24, 2.45) is 0 Å². The molecule has 218 valence electrons. The maximum absolute atomic E-state index is 13.0. The summed E-state index contributed by atoms with van der Waals surface area (Å²) in [6, 6.07) is 7.87. The van der Waals surface area contributed by atoms with Crippen LogP contribution in [0.25, 0.3) is 16.8 Å². The number of likely N-dealkylation sites (tertiary alicyclic amines) is 1. The highest BCUT2D eigenvalue weighted by molar-refractivity contribution is 6.36. The van der Waals surface area contributed by atoms with Crippen LogP contribution in [-0.2, 0) is 15.8 Å². The van der Waals surface area contributed by atoms with Gasteiger partial charge in [0.05, 0.1) is 5.56 Å². The molecule has 1 fully saturated rings. The molecule has 2 unspecified atom stereocenters. The SMILES string of the molecule is CCC(=O)C(=O)N1CC(c2nc(-c3ccc(C(=O)Nc4cc(C(F)(F)F)ccn4)cc3)c3c(N)nccn23)CCC1C. The predicted molar refractivity (Wildman–Crippen MR) is 148 cm³/mol. The van der Waals surface area contributed by atoms with E-state index in [2.05, 4.69) is 15.3 Å². The number of Topliss-reactive ketones (excluding diaryl/α,β-unsaturated/α-hetero) is 1. The van der Waals surface area contributed by atoms with Crippen molar-refractivity contribution < 1.29 is 27.6 Å². The average Bonchev–Trinajstić information content (AvgIpc) is 3.37. The minimum absolute atomic E-state index is 0.0773. The number of imidazole rings is 1. The summed E-state index contributed by atoms with van der Waals surface area (Å²) in [6.07, 6.45) is 1.28. The Balaban J connectivity index is 1.43. The molecule has 4 heterocycles. The molecule has 2 amide bonds. The number of piperidine rings is 1. The monoisotopic (exact) mass is 579 g/mol. The van der Waals surface area contributed by atoms with E-state index in [4.69, 9.17) is 10.7 Å². The van der Waals surface area contributed by atoms with Gasteiger partial charge in [-0.05, 0) is 44.0 Å². The molecule has 0 spiro atoms. The average molecular weight is 580 g/mol. The van der Waals surface area contributed by atoms with Crippen molar-refractivity contribution in [1.29, 1.82) is 0 Å². The largest absolute Gasteiger partial charge is 0.416 e. The standard InChI is InChI=1S/C29H28F3N7O3/c1-3-21(40)28(42)39-15-19(5-4-16(39)2)26-37-23(24-25(33)35-12-13-38(24)26)17-6-8-18(9-7-17)27(41)36-22-14-20(10-11-34-22)29(30,31)32/h6-14,16,19H,3-5,15H2,1-2H3,(H2,33,35)(H,34,36,41). The van der Waals surface area contributed by atoms with E-state index < -0.39 is 29.3 Å². The van der Waals surface area contributed by atoms with Crippen molar-refractivity contribution >= 4 is 34.8 Å². The molecular weight excluding hydrogens is 551 g/mol. The molecule has 1 saturated heterocycles. The number of amides is 2. The first kappa shape index (κ1) is 28.7. The summed E-state index contributed by atoms with van der Waals surface area (Å²) in [6.45, 7) is 3.91. The summed E-state index contributed by atoms with van der Waals surface area (Å²) in [7, 11) is 0. The van der Waals surface area contributed by atoms with Gasteiger partial charge < -0.3 is 16.0 Å². The summed E-state index contributed by atoms with van der Waals surface area (Å²) < 4.78 is 40.9. The van der Waals surface area contributed by atoms with Gasteiger partial charge in [-0.15, -0.1) is 0 Å². The maximum atomic E-state index is 13.0. The zero-order chi connectivity index (χ0) is 30.2. The number of rotatable bonds is 6. The van der Waals surface area contributed by atoms with E-state index in [1.807, 2.05) is 11.3 Å². The number of hydrogen-bond acceptors (Lipinski definition) is 7. The Hall–Kier alpha value is -4.81. The first-order valence-corrected chi connectivity index (χ1v) is 13.4. The molecule has 1 aliphatic rings. The van der Waals surface area contributed by atoms with Gasteiger partial charge in [-0.1, -0.05) is 19.1 Å². The highest BCUT2D eigenvalue weighted by Gasteiger charge is 2.35. The number of pyridine rings is 1. The molecule has 10 nitrogen and oxygen atoms in total. The number of ketones is 1. The van der Waals surface area contributed by atoms with Crippen LogP contribution in [0.5, 0.6) is 0 Å². The molecule has 0 bridgehead atoms. The Labute approximate surface area is 238 Å². The second-order valence-electron chi connectivity index (χ2n) is 10.2. The van der Waals surface area contributed by atoms with Gasteiger partial charge in [0.25, 0.3) is 11.8 Å². The van der Waals surface area contributed by atoms with Crippen LogP contribution in [-0.4, -0.2) is 54.4 Å². The van der Waals surface area contributed by atoms with Crippen LogP contribution in [0.2, 0.25) is 0 Å². The number of carbonyl (C=O) groups excluding carboxylic acids is 3. The molecule has 1 aromatic carbocycles. The van der Waals surface area contributed by atoms with Crippen LogP contribution >= 0.6 is 0 Å². The molecular formula is C29H28F3N7O3. The molecule has 5 rings (SSSR count). The van der Waals surface area contributed by atoms with Crippen LogP contribution in [0.1, 0.15) is 60.8 Å². The fraction of sp³-hybridized carbons (Fsp3) is 0.310. The van der Waals surface area contributed by atoms with E-state index in [9.17, 15) is 27.6 Å². The number of halogens is 3. The molecule has 0 radical (unpaired) electrons. The highest BCUT2D eigenvalue weighted by Crippen LogP contribution is 2.35. The number of fused-ring (bicyclic) bond motifs is 1. The van der Waals surface area contributed by atoms with E-state index in [-0.39, 0.29) is 35.6 Å². The lowest BCUT2D eigenvalue weighted by Gasteiger charge is -2.37. The number of nitrogens with zero attached hydrogens (tertiary/aromatic N) is 5. The molecule has 0 saturated carbocycles. The van der Waals surface area contributed by atoms with Crippen molar-refractivity contribution in [2.75, 3.05) is 17.6 Å². The third kappa shape index (κ3) is 5.54. The van der Waals surface area contributed by atoms with Crippen LogP contribution in [0, 0.1) is 0 Å². The second kappa shape index (κ2) is 11.2.